The molecule has 1 saturated heterocycles. The standard InChI is InChI=1S/C18H20IN3O2/c1-3-21-14-8-7-12(19)10-13(14)17-16(18(21)23)11(2)22(20-17)15-6-4-5-9-24-15/h7-8,10,15H,3-6,9H2,1-2H3. The van der Waals surface area contributed by atoms with Gasteiger partial charge < -0.3 is 9.30 Å². The SMILES string of the molecule is CCn1c(=O)c2c(C)n(C3CCCCO3)nc2c2cc(I)ccc21. The predicted octanol–water partition coefficient (Wildman–Crippen LogP) is 3.98. The van der Waals surface area contributed by atoms with E-state index in [1.165, 1.54) is 0 Å². The first-order chi connectivity index (χ1) is 11.6. The van der Waals surface area contributed by atoms with Crippen LogP contribution in [0.1, 0.15) is 38.1 Å². The van der Waals surface area contributed by atoms with Crippen molar-refractivity contribution < 1.29 is 4.74 Å². The molecule has 0 bridgehead atoms. The molecule has 0 N–H and O–H groups in total. The van der Waals surface area contributed by atoms with Crippen LogP contribution in [-0.2, 0) is 11.3 Å². The Morgan fingerprint density at radius 2 is 2.21 bits per heavy atom. The molecule has 3 heterocycles. The van der Waals surface area contributed by atoms with Gasteiger partial charge in [0.15, 0.2) is 0 Å². The summed E-state index contributed by atoms with van der Waals surface area (Å²) in [6.45, 7) is 5.40. The van der Waals surface area contributed by atoms with Gasteiger partial charge in [0.05, 0.1) is 16.6 Å². The monoisotopic (exact) mass is 437 g/mol. The molecule has 6 heteroatoms. The molecule has 3 aromatic rings. The minimum atomic E-state index is -0.0570. The molecule has 0 amide bonds. The van der Waals surface area contributed by atoms with Gasteiger partial charge in [-0.2, -0.15) is 5.10 Å². The Morgan fingerprint density at radius 1 is 1.38 bits per heavy atom. The fourth-order valence-electron chi connectivity index (χ4n) is 3.65. The molecule has 24 heavy (non-hydrogen) atoms. The van der Waals surface area contributed by atoms with Crippen LogP contribution >= 0.6 is 22.6 Å². The topological polar surface area (TPSA) is 49.0 Å². The first-order valence-electron chi connectivity index (χ1n) is 8.44. The van der Waals surface area contributed by atoms with Crippen molar-refractivity contribution in [1.29, 1.82) is 0 Å². The molecule has 126 valence electrons. The van der Waals surface area contributed by atoms with E-state index >= 15 is 0 Å². The molecule has 5 nitrogen and oxygen atoms in total. The van der Waals surface area contributed by atoms with Crippen LogP contribution in [0.25, 0.3) is 21.8 Å². The lowest BCUT2D eigenvalue weighted by atomic mass is 10.1. The highest BCUT2D eigenvalue weighted by atomic mass is 127. The highest BCUT2D eigenvalue weighted by molar-refractivity contribution is 14.1. The third kappa shape index (κ3) is 2.38. The predicted molar refractivity (Wildman–Crippen MR) is 103 cm³/mol. The lowest BCUT2D eigenvalue weighted by Gasteiger charge is -2.23. The van der Waals surface area contributed by atoms with Crippen LogP contribution in [-0.4, -0.2) is 21.0 Å². The van der Waals surface area contributed by atoms with Crippen LogP contribution in [0.4, 0.5) is 0 Å². The maximum absolute atomic E-state index is 13.0. The van der Waals surface area contributed by atoms with E-state index in [1.807, 2.05) is 35.2 Å². The zero-order valence-electron chi connectivity index (χ0n) is 13.9. The van der Waals surface area contributed by atoms with Crippen LogP contribution in [0, 0.1) is 10.5 Å². The Bertz CT molecular complexity index is 983. The summed E-state index contributed by atoms with van der Waals surface area (Å²) in [5, 5.41) is 6.58. The molecule has 4 rings (SSSR count). The van der Waals surface area contributed by atoms with Crippen molar-refractivity contribution in [2.45, 2.75) is 45.9 Å². The number of pyridine rings is 1. The molecular formula is C18H20IN3O2. The number of nitrogens with zero attached hydrogens (tertiary/aromatic N) is 3. The fourth-order valence-corrected chi connectivity index (χ4v) is 4.14. The Hall–Kier alpha value is -1.41. The first-order valence-corrected chi connectivity index (χ1v) is 9.52. The minimum Gasteiger partial charge on any atom is -0.357 e. The van der Waals surface area contributed by atoms with Gasteiger partial charge in [0, 0.05) is 22.1 Å². The van der Waals surface area contributed by atoms with E-state index in [9.17, 15) is 4.79 Å². The first kappa shape index (κ1) is 16.1. The maximum Gasteiger partial charge on any atom is 0.262 e. The summed E-state index contributed by atoms with van der Waals surface area (Å²) in [7, 11) is 0. The zero-order valence-corrected chi connectivity index (χ0v) is 16.0. The molecule has 1 aliphatic rings. The molecule has 1 fully saturated rings. The fraction of sp³-hybridized carbons (Fsp3) is 0.444. The second-order valence-corrected chi connectivity index (χ2v) is 7.53. The van der Waals surface area contributed by atoms with Gasteiger partial charge in [-0.3, -0.25) is 4.79 Å². The summed E-state index contributed by atoms with van der Waals surface area (Å²) in [4.78, 5) is 13.0. The number of benzene rings is 1. The third-order valence-corrected chi connectivity index (χ3v) is 5.53. The van der Waals surface area contributed by atoms with Crippen molar-refractivity contribution in [3.05, 3.63) is 37.8 Å². The van der Waals surface area contributed by atoms with E-state index in [2.05, 4.69) is 28.7 Å². The number of hydrogen-bond donors (Lipinski definition) is 0. The summed E-state index contributed by atoms with van der Waals surface area (Å²) in [6.07, 6.45) is 3.13. The molecule has 0 saturated carbocycles. The van der Waals surface area contributed by atoms with Crippen LogP contribution in [0.15, 0.2) is 23.0 Å². The zero-order chi connectivity index (χ0) is 16.8. The Labute approximate surface area is 153 Å². The number of hydrogen-bond acceptors (Lipinski definition) is 3. The second kappa shape index (κ2) is 6.15. The van der Waals surface area contributed by atoms with Crippen LogP contribution in [0.3, 0.4) is 0 Å². The number of halogens is 1. The number of aryl methyl sites for hydroxylation is 2. The molecule has 0 spiro atoms. The molecule has 2 aromatic heterocycles. The molecule has 1 aromatic carbocycles. The van der Waals surface area contributed by atoms with Crippen molar-refractivity contribution in [3.63, 3.8) is 0 Å². The molecule has 0 aliphatic carbocycles. The van der Waals surface area contributed by atoms with Crippen LogP contribution < -0.4 is 5.56 Å². The van der Waals surface area contributed by atoms with Gasteiger partial charge in [-0.05, 0) is 73.9 Å². The third-order valence-electron chi connectivity index (χ3n) is 4.86. The van der Waals surface area contributed by atoms with Crippen LogP contribution in [0.5, 0.6) is 0 Å². The lowest BCUT2D eigenvalue weighted by molar-refractivity contribution is -0.0402. The summed E-state index contributed by atoms with van der Waals surface area (Å²) in [5.41, 5.74) is 2.69. The number of ether oxygens (including phenoxy) is 1. The van der Waals surface area contributed by atoms with Crippen molar-refractivity contribution in [2.75, 3.05) is 6.61 Å². The van der Waals surface area contributed by atoms with E-state index in [-0.39, 0.29) is 11.8 Å². The van der Waals surface area contributed by atoms with Gasteiger partial charge in [0.25, 0.3) is 5.56 Å². The van der Waals surface area contributed by atoms with Gasteiger partial charge in [-0.15, -0.1) is 0 Å². The number of fused-ring (bicyclic) bond motifs is 3. The average molecular weight is 437 g/mol. The average Bonchev–Trinajstić information content (AvgIpc) is 2.95. The van der Waals surface area contributed by atoms with Gasteiger partial charge in [-0.1, -0.05) is 0 Å². The van der Waals surface area contributed by atoms with E-state index in [4.69, 9.17) is 9.84 Å². The Balaban J connectivity index is 2.08. The van der Waals surface area contributed by atoms with E-state index in [0.717, 1.165) is 56.9 Å². The summed E-state index contributed by atoms with van der Waals surface area (Å²) in [5.74, 6) is 0. The Kier molecular flexibility index (Phi) is 4.12. The molecule has 0 radical (unpaired) electrons. The Morgan fingerprint density at radius 3 is 2.92 bits per heavy atom. The van der Waals surface area contributed by atoms with Crippen molar-refractivity contribution in [2.24, 2.45) is 0 Å². The quantitative estimate of drug-likeness (QED) is 0.570. The molecule has 1 atom stereocenters. The maximum atomic E-state index is 13.0. The van der Waals surface area contributed by atoms with Gasteiger partial charge in [0.1, 0.15) is 11.7 Å². The van der Waals surface area contributed by atoms with Crippen LogP contribution in [0.2, 0.25) is 0 Å². The van der Waals surface area contributed by atoms with E-state index in [1.54, 1.807) is 0 Å². The van der Waals surface area contributed by atoms with E-state index in [0.29, 0.717) is 6.54 Å². The minimum absolute atomic E-state index is 0.0424. The molecule has 1 unspecified atom stereocenters. The molecule has 1 aliphatic heterocycles. The smallest absolute Gasteiger partial charge is 0.262 e. The van der Waals surface area contributed by atoms with E-state index < -0.39 is 0 Å². The number of aromatic nitrogens is 3. The lowest BCUT2D eigenvalue weighted by Crippen LogP contribution is -2.21. The molecular weight excluding hydrogens is 417 g/mol. The van der Waals surface area contributed by atoms with Gasteiger partial charge >= 0.3 is 0 Å². The summed E-state index contributed by atoms with van der Waals surface area (Å²) < 4.78 is 10.8. The van der Waals surface area contributed by atoms with Gasteiger partial charge in [-0.25, -0.2) is 4.68 Å². The largest absolute Gasteiger partial charge is 0.357 e. The highest BCUT2D eigenvalue weighted by Crippen LogP contribution is 2.30. The second-order valence-electron chi connectivity index (χ2n) is 6.29. The van der Waals surface area contributed by atoms with Crippen molar-refractivity contribution in [1.82, 2.24) is 14.3 Å². The normalized spacial score (nSPS) is 18.5. The summed E-state index contributed by atoms with van der Waals surface area (Å²) >= 11 is 2.31. The van der Waals surface area contributed by atoms with Crippen molar-refractivity contribution in [3.8, 4) is 0 Å². The van der Waals surface area contributed by atoms with Gasteiger partial charge in [0.2, 0.25) is 0 Å². The summed E-state index contributed by atoms with van der Waals surface area (Å²) in [6, 6.07) is 6.17. The number of rotatable bonds is 2. The highest BCUT2D eigenvalue weighted by Gasteiger charge is 2.23. The van der Waals surface area contributed by atoms with Crippen molar-refractivity contribution >= 4 is 44.4 Å².